The molecule has 0 aromatic heterocycles. The highest BCUT2D eigenvalue weighted by Crippen LogP contribution is 2.27. The van der Waals surface area contributed by atoms with Crippen LogP contribution in [0, 0.1) is 5.41 Å². The fourth-order valence-corrected chi connectivity index (χ4v) is 3.92. The smallest absolute Gasteiger partial charge is 0.257 e. The second-order valence-electron chi connectivity index (χ2n) is 9.05. The first-order valence-electron chi connectivity index (χ1n) is 11.1. The van der Waals surface area contributed by atoms with E-state index in [1.807, 2.05) is 49.9 Å². The number of ether oxygens (including phenoxy) is 2. The minimum atomic E-state index is -0.358. The molecule has 2 aromatic rings. The molecule has 0 unspecified atom stereocenters. The van der Waals surface area contributed by atoms with Crippen LogP contribution in [0.3, 0.4) is 0 Å². The number of carbonyl (C=O) groups excluding carboxylic acids is 2. The molecule has 2 amide bonds. The number of hydrogen-bond acceptors (Lipinski definition) is 6. The number of amides is 2. The molecule has 1 aliphatic rings. The van der Waals surface area contributed by atoms with Gasteiger partial charge in [-0.15, -0.1) is 0 Å². The van der Waals surface area contributed by atoms with Gasteiger partial charge < -0.3 is 24.6 Å². The van der Waals surface area contributed by atoms with Crippen molar-refractivity contribution in [3.8, 4) is 11.5 Å². The molecule has 1 saturated heterocycles. The number of methoxy groups -OCH3 is 2. The van der Waals surface area contributed by atoms with E-state index in [9.17, 15) is 9.59 Å². The number of thiocarbonyl (C=S) groups is 1. The molecule has 8 nitrogen and oxygen atoms in total. The van der Waals surface area contributed by atoms with Gasteiger partial charge in [-0.05, 0) is 54.7 Å². The standard InChI is InChI=1S/C25H32N4O4S/c1-25(2,3)23(31)29-14-12-28(13-15-29)19-9-7-18(8-10-19)26-24(34)27-22(30)17-6-11-20(32-4)21(16-17)33-5/h6-11,16H,12-15H2,1-5H3,(H2,26,27,30,34). The number of benzene rings is 2. The summed E-state index contributed by atoms with van der Waals surface area (Å²) in [6, 6.07) is 12.7. The van der Waals surface area contributed by atoms with Crippen molar-refractivity contribution >= 4 is 40.5 Å². The molecule has 1 fully saturated rings. The Morgan fingerprint density at radius 3 is 2.09 bits per heavy atom. The van der Waals surface area contributed by atoms with E-state index >= 15 is 0 Å². The molecule has 1 heterocycles. The van der Waals surface area contributed by atoms with E-state index in [1.54, 1.807) is 18.2 Å². The van der Waals surface area contributed by atoms with Crippen molar-refractivity contribution in [2.24, 2.45) is 5.41 Å². The summed E-state index contributed by atoms with van der Waals surface area (Å²) in [5.74, 6) is 0.850. The SMILES string of the molecule is COc1ccc(C(=O)NC(=S)Nc2ccc(N3CCN(C(=O)C(C)(C)C)CC3)cc2)cc1OC. The molecule has 0 spiro atoms. The molecular weight excluding hydrogens is 452 g/mol. The Balaban J connectivity index is 1.53. The first-order valence-corrected chi connectivity index (χ1v) is 11.5. The zero-order chi connectivity index (χ0) is 24.9. The van der Waals surface area contributed by atoms with Gasteiger partial charge in [0.2, 0.25) is 5.91 Å². The molecule has 34 heavy (non-hydrogen) atoms. The predicted octanol–water partition coefficient (Wildman–Crippen LogP) is 3.53. The quantitative estimate of drug-likeness (QED) is 0.629. The van der Waals surface area contributed by atoms with Crippen molar-refractivity contribution in [1.82, 2.24) is 10.2 Å². The van der Waals surface area contributed by atoms with E-state index < -0.39 is 0 Å². The topological polar surface area (TPSA) is 83.1 Å². The van der Waals surface area contributed by atoms with Gasteiger partial charge in [0.15, 0.2) is 16.6 Å². The summed E-state index contributed by atoms with van der Waals surface area (Å²) in [6.45, 7) is 8.85. The summed E-state index contributed by atoms with van der Waals surface area (Å²) in [5, 5.41) is 5.91. The van der Waals surface area contributed by atoms with Crippen LogP contribution in [-0.4, -0.2) is 62.2 Å². The third-order valence-corrected chi connectivity index (χ3v) is 5.78. The van der Waals surface area contributed by atoms with Gasteiger partial charge in [0.05, 0.1) is 14.2 Å². The molecule has 0 aliphatic carbocycles. The molecule has 182 valence electrons. The number of carbonyl (C=O) groups is 2. The summed E-state index contributed by atoms with van der Waals surface area (Å²) < 4.78 is 10.4. The Labute approximate surface area is 206 Å². The Kier molecular flexibility index (Phi) is 7.98. The second kappa shape index (κ2) is 10.7. The number of hydrogen-bond donors (Lipinski definition) is 2. The van der Waals surface area contributed by atoms with E-state index in [1.165, 1.54) is 14.2 Å². The lowest BCUT2D eigenvalue weighted by molar-refractivity contribution is -0.139. The summed E-state index contributed by atoms with van der Waals surface area (Å²) in [7, 11) is 3.05. The van der Waals surface area contributed by atoms with Crippen LogP contribution in [0.5, 0.6) is 11.5 Å². The van der Waals surface area contributed by atoms with Crippen molar-refractivity contribution < 1.29 is 19.1 Å². The monoisotopic (exact) mass is 484 g/mol. The van der Waals surface area contributed by atoms with Crippen LogP contribution in [0.1, 0.15) is 31.1 Å². The summed E-state index contributed by atoms with van der Waals surface area (Å²) in [4.78, 5) is 29.2. The van der Waals surface area contributed by atoms with Gasteiger partial charge >= 0.3 is 0 Å². The zero-order valence-electron chi connectivity index (χ0n) is 20.3. The van der Waals surface area contributed by atoms with E-state index in [0.29, 0.717) is 30.2 Å². The van der Waals surface area contributed by atoms with Gasteiger partial charge in [-0.2, -0.15) is 0 Å². The van der Waals surface area contributed by atoms with Crippen LogP contribution in [0.2, 0.25) is 0 Å². The lowest BCUT2D eigenvalue weighted by Crippen LogP contribution is -2.51. The largest absolute Gasteiger partial charge is 0.493 e. The minimum Gasteiger partial charge on any atom is -0.493 e. The molecule has 2 N–H and O–H groups in total. The van der Waals surface area contributed by atoms with Crippen molar-refractivity contribution in [1.29, 1.82) is 0 Å². The zero-order valence-corrected chi connectivity index (χ0v) is 21.1. The first kappa shape index (κ1) is 25.3. The predicted molar refractivity (Wildman–Crippen MR) is 138 cm³/mol. The highest BCUT2D eigenvalue weighted by molar-refractivity contribution is 7.80. The number of rotatable bonds is 5. The van der Waals surface area contributed by atoms with Gasteiger partial charge in [-0.25, -0.2) is 0 Å². The molecule has 0 radical (unpaired) electrons. The Morgan fingerprint density at radius 2 is 1.53 bits per heavy atom. The maximum absolute atomic E-state index is 12.5. The van der Waals surface area contributed by atoms with Crippen molar-refractivity contribution in [2.75, 3.05) is 50.6 Å². The van der Waals surface area contributed by atoms with Crippen molar-refractivity contribution in [3.63, 3.8) is 0 Å². The normalized spacial score (nSPS) is 13.8. The van der Waals surface area contributed by atoms with Gasteiger partial charge in [-0.1, -0.05) is 20.8 Å². The van der Waals surface area contributed by atoms with E-state index in [0.717, 1.165) is 24.5 Å². The van der Waals surface area contributed by atoms with E-state index in [-0.39, 0.29) is 22.3 Å². The third kappa shape index (κ3) is 6.17. The summed E-state index contributed by atoms with van der Waals surface area (Å²) in [5.41, 5.74) is 1.89. The Morgan fingerprint density at radius 1 is 0.912 bits per heavy atom. The van der Waals surface area contributed by atoms with E-state index in [2.05, 4.69) is 15.5 Å². The average Bonchev–Trinajstić information content (AvgIpc) is 2.83. The highest BCUT2D eigenvalue weighted by Gasteiger charge is 2.29. The molecule has 9 heteroatoms. The summed E-state index contributed by atoms with van der Waals surface area (Å²) >= 11 is 5.30. The fraction of sp³-hybridized carbons (Fsp3) is 0.400. The van der Waals surface area contributed by atoms with Crippen LogP contribution in [-0.2, 0) is 4.79 Å². The molecule has 0 bridgehead atoms. The highest BCUT2D eigenvalue weighted by atomic mass is 32.1. The Hall–Kier alpha value is -3.33. The number of nitrogens with one attached hydrogen (secondary N) is 2. The summed E-state index contributed by atoms with van der Waals surface area (Å²) in [6.07, 6.45) is 0. The molecule has 0 saturated carbocycles. The molecule has 2 aromatic carbocycles. The van der Waals surface area contributed by atoms with Gasteiger partial charge in [0, 0.05) is 48.5 Å². The van der Waals surface area contributed by atoms with Gasteiger partial charge in [-0.3, -0.25) is 14.9 Å². The molecular formula is C25H32N4O4S. The van der Waals surface area contributed by atoms with Crippen molar-refractivity contribution in [3.05, 3.63) is 48.0 Å². The minimum absolute atomic E-state index is 0.190. The van der Waals surface area contributed by atoms with Crippen LogP contribution >= 0.6 is 12.2 Å². The maximum Gasteiger partial charge on any atom is 0.257 e. The second-order valence-corrected chi connectivity index (χ2v) is 9.46. The molecule has 3 rings (SSSR count). The van der Waals surface area contributed by atoms with Crippen LogP contribution < -0.4 is 25.0 Å². The lowest BCUT2D eigenvalue weighted by Gasteiger charge is -2.38. The third-order valence-electron chi connectivity index (χ3n) is 5.57. The first-order chi connectivity index (χ1) is 16.1. The molecule has 1 aliphatic heterocycles. The number of nitrogens with zero attached hydrogens (tertiary/aromatic N) is 2. The number of anilines is 2. The maximum atomic E-state index is 12.5. The van der Waals surface area contributed by atoms with Gasteiger partial charge in [0.25, 0.3) is 5.91 Å². The van der Waals surface area contributed by atoms with Crippen molar-refractivity contribution in [2.45, 2.75) is 20.8 Å². The van der Waals surface area contributed by atoms with Crippen LogP contribution in [0.25, 0.3) is 0 Å². The van der Waals surface area contributed by atoms with Gasteiger partial charge in [0.1, 0.15) is 0 Å². The lowest BCUT2D eigenvalue weighted by atomic mass is 9.94. The fourth-order valence-electron chi connectivity index (χ4n) is 3.71. The Bertz CT molecular complexity index is 1040. The van der Waals surface area contributed by atoms with Crippen LogP contribution in [0.15, 0.2) is 42.5 Å². The number of piperazine rings is 1. The van der Waals surface area contributed by atoms with E-state index in [4.69, 9.17) is 21.7 Å². The average molecular weight is 485 g/mol. The van der Waals surface area contributed by atoms with Crippen LogP contribution in [0.4, 0.5) is 11.4 Å². The molecule has 0 atom stereocenters.